The molecule has 0 amide bonds. The third-order valence-corrected chi connectivity index (χ3v) is 14.1. The molecule has 2 atom stereocenters. The van der Waals surface area contributed by atoms with E-state index in [1.54, 1.807) is 0 Å². The highest BCUT2D eigenvalue weighted by atomic mass is 32.3. The molecule has 28 heteroatoms. The van der Waals surface area contributed by atoms with Gasteiger partial charge in [0.15, 0.2) is 40.1 Å². The Labute approximate surface area is 282 Å². The van der Waals surface area contributed by atoms with Crippen molar-refractivity contribution in [3.05, 3.63) is 8.25 Å². The Bertz CT molecular complexity index is 1330. The van der Waals surface area contributed by atoms with Gasteiger partial charge in [0.05, 0.1) is 39.3 Å². The van der Waals surface area contributed by atoms with Crippen molar-refractivity contribution in [2.45, 2.75) is 100 Å². The summed E-state index contributed by atoms with van der Waals surface area (Å²) < 4.78 is 221. The van der Waals surface area contributed by atoms with E-state index in [0.717, 1.165) is 20.3 Å². The van der Waals surface area contributed by atoms with Gasteiger partial charge in [-0.2, -0.15) is 52.7 Å². The van der Waals surface area contributed by atoms with Crippen LogP contribution in [-0.2, 0) is 40.1 Å². The minimum absolute atomic E-state index is 0.778. The second kappa shape index (κ2) is 16.9. The van der Waals surface area contributed by atoms with Crippen LogP contribution in [0.1, 0.15) is 66.2 Å². The molecule has 2 heterocycles. The molecule has 0 aromatic carbocycles. The van der Waals surface area contributed by atoms with Crippen LogP contribution in [0.2, 0.25) is 0 Å². The standard InChI is InChI=1S/C18H38N2.2C2F6NO4S2/c1-5-19(13-9-7-10-14-19)17(3)18(4)20(6-2)15-11-8-12-16-20;2*3-1(4,5)14(10,11)9-15(12,13)2(6,7)8/h17-18H,5-16H2,1-4H3;;/q+2;2*-1. The molecule has 0 bridgehead atoms. The van der Waals surface area contributed by atoms with Crippen LogP contribution in [0.3, 0.4) is 0 Å². The quantitative estimate of drug-likeness (QED) is 0.204. The number of sulfonamides is 4. The van der Waals surface area contributed by atoms with Crippen LogP contribution in [0.4, 0.5) is 52.7 Å². The normalized spacial score (nSPS) is 20.7. The molecule has 2 rings (SSSR count). The van der Waals surface area contributed by atoms with Gasteiger partial charge in [0.2, 0.25) is 0 Å². The smallest absolute Gasteiger partial charge is 0.421 e. The topological polar surface area (TPSA) is 165 Å². The van der Waals surface area contributed by atoms with E-state index in [4.69, 9.17) is 0 Å². The zero-order valence-electron chi connectivity index (χ0n) is 26.9. The molecule has 0 aromatic rings. The Hall–Kier alpha value is -1.20. The summed E-state index contributed by atoms with van der Waals surface area (Å²) in [6.45, 7) is 18.4. The van der Waals surface area contributed by atoms with E-state index in [1.165, 1.54) is 86.8 Å². The predicted octanol–water partition coefficient (Wildman–Crippen LogP) is 5.92. The first-order valence-electron chi connectivity index (χ1n) is 14.5. The minimum Gasteiger partial charge on any atom is -0.421 e. The maximum Gasteiger partial charge on any atom is 0.480 e. The van der Waals surface area contributed by atoms with E-state index < -0.39 is 62.1 Å². The van der Waals surface area contributed by atoms with Crippen molar-refractivity contribution in [2.24, 2.45) is 0 Å². The first-order valence-corrected chi connectivity index (χ1v) is 20.2. The zero-order chi connectivity index (χ0) is 40.1. The Morgan fingerprint density at radius 3 is 0.760 bits per heavy atom. The molecule has 2 saturated heterocycles. The molecule has 0 saturated carbocycles. The van der Waals surface area contributed by atoms with Crippen LogP contribution in [0.5, 0.6) is 0 Å². The van der Waals surface area contributed by atoms with Gasteiger partial charge in [0.1, 0.15) is 12.1 Å². The number of halogens is 12. The Kier molecular flexibility index (Phi) is 16.5. The van der Waals surface area contributed by atoms with Crippen molar-refractivity contribution in [3.63, 3.8) is 0 Å². The summed E-state index contributed by atoms with van der Waals surface area (Å²) in [5, 5.41) is 0. The maximum atomic E-state index is 11.4. The number of likely N-dealkylation sites (N-methyl/N-ethyl adjacent to an activating group) is 2. The molecule has 0 spiro atoms. The van der Waals surface area contributed by atoms with Gasteiger partial charge in [-0.05, 0) is 66.2 Å². The number of quaternary nitrogens is 2. The first-order chi connectivity index (χ1) is 22.0. The molecule has 302 valence electrons. The van der Waals surface area contributed by atoms with Crippen LogP contribution >= 0.6 is 0 Å². The molecular formula is C22H38F12N4O8S4. The Balaban J connectivity index is 0.000000735. The highest BCUT2D eigenvalue weighted by Crippen LogP contribution is 2.38. The Morgan fingerprint density at radius 2 is 0.620 bits per heavy atom. The van der Waals surface area contributed by atoms with E-state index in [2.05, 4.69) is 27.7 Å². The molecule has 2 fully saturated rings. The van der Waals surface area contributed by atoms with Crippen molar-refractivity contribution in [2.75, 3.05) is 39.3 Å². The molecule has 12 nitrogen and oxygen atoms in total. The van der Waals surface area contributed by atoms with E-state index in [0.29, 0.717) is 0 Å². The molecule has 0 N–H and O–H groups in total. The van der Waals surface area contributed by atoms with Gasteiger partial charge in [0.25, 0.3) is 0 Å². The highest BCUT2D eigenvalue weighted by Gasteiger charge is 2.49. The van der Waals surface area contributed by atoms with Gasteiger partial charge in [-0.1, -0.05) is 0 Å². The fourth-order valence-corrected chi connectivity index (χ4v) is 9.07. The first kappa shape index (κ1) is 48.8. The van der Waals surface area contributed by atoms with Gasteiger partial charge in [-0.15, -0.1) is 0 Å². The zero-order valence-corrected chi connectivity index (χ0v) is 30.1. The highest BCUT2D eigenvalue weighted by molar-refractivity contribution is 8.13. The largest absolute Gasteiger partial charge is 0.480 e. The average Bonchev–Trinajstić information content (AvgIpc) is 2.94. The molecule has 0 radical (unpaired) electrons. The number of likely N-dealkylation sites (tertiary alicyclic amines) is 2. The van der Waals surface area contributed by atoms with Crippen LogP contribution in [0.15, 0.2) is 0 Å². The second-order valence-electron chi connectivity index (χ2n) is 11.4. The average molecular weight is 843 g/mol. The minimum atomic E-state index is -6.72. The summed E-state index contributed by atoms with van der Waals surface area (Å²) in [6.07, 6.45) is 8.76. The molecule has 50 heavy (non-hydrogen) atoms. The third kappa shape index (κ3) is 12.4. The van der Waals surface area contributed by atoms with Crippen molar-refractivity contribution >= 4 is 40.1 Å². The predicted molar refractivity (Wildman–Crippen MR) is 154 cm³/mol. The van der Waals surface area contributed by atoms with Gasteiger partial charge < -0.3 is 17.2 Å². The van der Waals surface area contributed by atoms with Crippen LogP contribution in [0.25, 0.3) is 8.25 Å². The summed E-state index contributed by atoms with van der Waals surface area (Å²) in [5.41, 5.74) is -24.8. The maximum absolute atomic E-state index is 11.4. The molecule has 2 aliphatic heterocycles. The summed E-state index contributed by atoms with van der Waals surface area (Å²) in [5.74, 6) is 0. The van der Waals surface area contributed by atoms with E-state index in [-0.39, 0.29) is 0 Å². The lowest BCUT2D eigenvalue weighted by Gasteiger charge is -2.53. The van der Waals surface area contributed by atoms with E-state index in [1.807, 2.05) is 0 Å². The molecule has 2 unspecified atom stereocenters. The van der Waals surface area contributed by atoms with Crippen molar-refractivity contribution < 1.29 is 95.3 Å². The number of piperidine rings is 2. The van der Waals surface area contributed by atoms with E-state index >= 15 is 0 Å². The van der Waals surface area contributed by atoms with Crippen molar-refractivity contribution in [1.82, 2.24) is 0 Å². The lowest BCUT2D eigenvalue weighted by molar-refractivity contribution is -1.01. The SMILES string of the molecule is CC[N+]1(C(C)C(C)[N+]2(CC)CCCCC2)CCCCC1.O=S(=O)([N-]S(=O)(=O)C(F)(F)F)C(F)(F)F.O=S(=O)([N-]S(=O)(=O)C(F)(F)F)C(F)(F)F. The number of nitrogens with zero attached hydrogens (tertiary/aromatic N) is 4. The van der Waals surface area contributed by atoms with E-state index in [9.17, 15) is 86.4 Å². The lowest BCUT2D eigenvalue weighted by atomic mass is 9.94. The van der Waals surface area contributed by atoms with Crippen molar-refractivity contribution in [3.8, 4) is 0 Å². The number of hydrogen-bond acceptors (Lipinski definition) is 8. The van der Waals surface area contributed by atoms with Crippen molar-refractivity contribution in [1.29, 1.82) is 0 Å². The van der Waals surface area contributed by atoms with Gasteiger partial charge in [0, 0.05) is 0 Å². The lowest BCUT2D eigenvalue weighted by Crippen LogP contribution is -2.69. The van der Waals surface area contributed by atoms with Crippen LogP contribution < -0.4 is 0 Å². The van der Waals surface area contributed by atoms with Crippen LogP contribution in [0, 0.1) is 0 Å². The van der Waals surface area contributed by atoms with Crippen LogP contribution in [-0.4, -0.2) is 116 Å². The Morgan fingerprint density at radius 1 is 0.440 bits per heavy atom. The summed E-state index contributed by atoms with van der Waals surface area (Å²) in [4.78, 5) is 0. The summed E-state index contributed by atoms with van der Waals surface area (Å²) in [6, 6.07) is 1.66. The summed E-state index contributed by atoms with van der Waals surface area (Å²) in [7, 11) is -26.9. The molecule has 0 aromatic heterocycles. The van der Waals surface area contributed by atoms with Gasteiger partial charge >= 0.3 is 22.0 Å². The number of rotatable bonds is 9. The monoisotopic (exact) mass is 842 g/mol. The molecular weight excluding hydrogens is 805 g/mol. The van der Waals surface area contributed by atoms with Gasteiger partial charge in [-0.25, -0.2) is 33.7 Å². The fourth-order valence-electron chi connectivity index (χ4n) is 5.65. The summed E-state index contributed by atoms with van der Waals surface area (Å²) >= 11 is 0. The van der Waals surface area contributed by atoms with Gasteiger partial charge in [-0.3, -0.25) is 0 Å². The number of hydrogen-bond donors (Lipinski definition) is 0. The molecule has 2 aliphatic rings. The molecule has 0 aliphatic carbocycles. The third-order valence-electron chi connectivity index (χ3n) is 8.66. The second-order valence-corrected chi connectivity index (χ2v) is 18.2. The number of alkyl halides is 12. The fraction of sp³-hybridized carbons (Fsp3) is 1.00.